The van der Waals surface area contributed by atoms with Crippen LogP contribution >= 0.6 is 0 Å². The molecule has 0 radical (unpaired) electrons. The lowest BCUT2D eigenvalue weighted by Crippen LogP contribution is -2.19. The van der Waals surface area contributed by atoms with Gasteiger partial charge in [-0.3, -0.25) is 9.80 Å². The van der Waals surface area contributed by atoms with Gasteiger partial charge in [-0.2, -0.15) is 0 Å². The Balaban J connectivity index is 1.24. The molecule has 0 spiro atoms. The molecule has 2 aliphatic heterocycles. The Morgan fingerprint density at radius 2 is 0.725 bits per heavy atom. The Morgan fingerprint density at radius 1 is 0.400 bits per heavy atom. The van der Waals surface area contributed by atoms with Crippen molar-refractivity contribution < 1.29 is 0 Å². The van der Waals surface area contributed by atoms with Crippen molar-refractivity contribution in [1.82, 2.24) is 9.97 Å². The van der Waals surface area contributed by atoms with E-state index in [1.54, 1.807) is 0 Å². The van der Waals surface area contributed by atoms with Crippen LogP contribution < -0.4 is 9.80 Å². The van der Waals surface area contributed by atoms with Crippen LogP contribution in [0, 0.1) is 0 Å². The number of anilines is 6. The van der Waals surface area contributed by atoms with Gasteiger partial charge in [-0.15, -0.1) is 0 Å². The summed E-state index contributed by atoms with van der Waals surface area (Å²) in [6.07, 6.45) is 5.68. The average Bonchev–Trinajstić information content (AvgIpc) is 3.02. The number of nitrogens with zero attached hydrogens (tertiary/aromatic N) is 4. The number of fused-ring (bicyclic) bond motifs is 4. The number of aromatic nitrogens is 2. The second-order valence-electron chi connectivity index (χ2n) is 10.3. The van der Waals surface area contributed by atoms with Gasteiger partial charge < -0.3 is 0 Å². The maximum absolute atomic E-state index is 4.86. The van der Waals surface area contributed by atoms with E-state index in [1.807, 2.05) is 12.4 Å². The largest absolute Gasteiger partial charge is 0.294 e. The number of benzene rings is 4. The molecule has 0 fully saturated rings. The molecule has 6 aromatic rings. The van der Waals surface area contributed by atoms with E-state index in [-0.39, 0.29) is 0 Å². The zero-order valence-electron chi connectivity index (χ0n) is 21.9. The maximum Gasteiger partial charge on any atom is 0.138 e. The molecule has 0 unspecified atom stereocenters. The van der Waals surface area contributed by atoms with Crippen molar-refractivity contribution in [3.63, 3.8) is 0 Å². The summed E-state index contributed by atoms with van der Waals surface area (Å²) in [6, 6.07) is 43.0. The average molecular weight is 515 g/mol. The normalized spacial score (nSPS) is 13.2. The summed E-state index contributed by atoms with van der Waals surface area (Å²) in [5.74, 6) is 1.81. The first-order valence-corrected chi connectivity index (χ1v) is 13.7. The summed E-state index contributed by atoms with van der Waals surface area (Å²) in [6.45, 7) is 0. The molecule has 0 N–H and O–H groups in total. The van der Waals surface area contributed by atoms with Crippen molar-refractivity contribution in [2.24, 2.45) is 0 Å². The van der Waals surface area contributed by atoms with Crippen LogP contribution in [0.4, 0.5) is 34.4 Å². The predicted molar refractivity (Wildman–Crippen MR) is 162 cm³/mol. The second kappa shape index (κ2) is 9.21. The molecule has 4 nitrogen and oxygen atoms in total. The van der Waals surface area contributed by atoms with Crippen LogP contribution in [0.5, 0.6) is 0 Å². The smallest absolute Gasteiger partial charge is 0.138 e. The summed E-state index contributed by atoms with van der Waals surface area (Å²) in [5.41, 5.74) is 12.2. The number of hydrogen-bond acceptors (Lipinski definition) is 4. The van der Waals surface area contributed by atoms with E-state index >= 15 is 0 Å². The number of para-hydroxylation sites is 4. The molecule has 0 aliphatic carbocycles. The van der Waals surface area contributed by atoms with E-state index in [0.29, 0.717) is 0 Å². The molecule has 0 amide bonds. The fourth-order valence-electron chi connectivity index (χ4n) is 6.12. The molecule has 2 aliphatic rings. The van der Waals surface area contributed by atoms with Crippen molar-refractivity contribution in [2.75, 3.05) is 9.80 Å². The van der Waals surface area contributed by atoms with E-state index in [4.69, 9.17) is 9.97 Å². The molecule has 0 bridgehead atoms. The highest BCUT2D eigenvalue weighted by molar-refractivity contribution is 5.86. The molecule has 4 heterocycles. The highest BCUT2D eigenvalue weighted by atomic mass is 15.2. The molecule has 0 saturated carbocycles. The highest BCUT2D eigenvalue weighted by Gasteiger charge is 2.26. The van der Waals surface area contributed by atoms with Crippen molar-refractivity contribution in [1.29, 1.82) is 0 Å². The molecule has 190 valence electrons. The van der Waals surface area contributed by atoms with Crippen LogP contribution in [-0.4, -0.2) is 9.97 Å². The number of rotatable bonds is 3. The van der Waals surface area contributed by atoms with Crippen molar-refractivity contribution >= 4 is 34.4 Å². The Labute approximate surface area is 233 Å². The van der Waals surface area contributed by atoms with Crippen LogP contribution in [0.1, 0.15) is 22.3 Å². The second-order valence-corrected chi connectivity index (χ2v) is 10.3. The lowest BCUT2D eigenvalue weighted by atomic mass is 9.95. The van der Waals surface area contributed by atoms with E-state index in [1.165, 1.54) is 45.0 Å². The van der Waals surface area contributed by atoms with Gasteiger partial charge in [0.2, 0.25) is 0 Å². The number of hydrogen-bond donors (Lipinski definition) is 0. The summed E-state index contributed by atoms with van der Waals surface area (Å²) in [4.78, 5) is 14.3. The van der Waals surface area contributed by atoms with Gasteiger partial charge in [-0.25, -0.2) is 9.97 Å². The molecule has 8 rings (SSSR count). The van der Waals surface area contributed by atoms with Crippen molar-refractivity contribution in [3.8, 4) is 11.1 Å². The Hall–Kier alpha value is -5.22. The zero-order chi connectivity index (χ0) is 26.5. The molecule has 4 heteroatoms. The standard InChI is InChI=1S/C36H26N4/c1-5-13-31-27(9-1)21-28-10-2-6-14-32(28)39(31)35-23-25(17-19-37-35)26-18-20-38-36(24-26)40-33-15-7-3-11-29(33)22-30-12-4-8-16-34(30)40/h1-20,23-24H,21-22H2. The Morgan fingerprint density at radius 3 is 1.07 bits per heavy atom. The van der Waals surface area contributed by atoms with Gasteiger partial charge >= 0.3 is 0 Å². The van der Waals surface area contributed by atoms with Gasteiger partial charge in [0.1, 0.15) is 11.6 Å². The molecule has 40 heavy (non-hydrogen) atoms. The lowest BCUT2D eigenvalue weighted by Gasteiger charge is -2.33. The third kappa shape index (κ3) is 3.69. The monoisotopic (exact) mass is 514 g/mol. The van der Waals surface area contributed by atoms with E-state index in [9.17, 15) is 0 Å². The van der Waals surface area contributed by atoms with Crippen LogP contribution in [0.25, 0.3) is 11.1 Å². The topological polar surface area (TPSA) is 32.3 Å². The van der Waals surface area contributed by atoms with Crippen LogP contribution in [0.3, 0.4) is 0 Å². The van der Waals surface area contributed by atoms with Gasteiger partial charge in [0.15, 0.2) is 0 Å². The van der Waals surface area contributed by atoms with Crippen LogP contribution in [0.15, 0.2) is 134 Å². The molecule has 0 atom stereocenters. The molecule has 0 saturated heterocycles. The highest BCUT2D eigenvalue weighted by Crippen LogP contribution is 2.45. The van der Waals surface area contributed by atoms with E-state index in [2.05, 4.69) is 131 Å². The molecular formula is C36H26N4. The summed E-state index contributed by atoms with van der Waals surface area (Å²) >= 11 is 0. The first-order valence-electron chi connectivity index (χ1n) is 13.7. The SMILES string of the molecule is c1ccc2c(c1)Cc1ccccc1N2c1cc(-c2ccnc(N3c4ccccc4Cc4ccccc43)c2)ccn1. The third-order valence-electron chi connectivity index (χ3n) is 7.97. The lowest BCUT2D eigenvalue weighted by molar-refractivity contribution is 1.06. The Bertz CT molecular complexity index is 1660. The minimum absolute atomic E-state index is 0.907. The predicted octanol–water partition coefficient (Wildman–Crippen LogP) is 8.89. The first kappa shape index (κ1) is 22.7. The van der Waals surface area contributed by atoms with Crippen LogP contribution in [0.2, 0.25) is 0 Å². The summed E-state index contributed by atoms with van der Waals surface area (Å²) in [7, 11) is 0. The van der Waals surface area contributed by atoms with Crippen molar-refractivity contribution in [3.05, 3.63) is 156 Å². The third-order valence-corrected chi connectivity index (χ3v) is 7.97. The van der Waals surface area contributed by atoms with Crippen molar-refractivity contribution in [2.45, 2.75) is 12.8 Å². The Kier molecular flexibility index (Phi) is 5.23. The zero-order valence-corrected chi connectivity index (χ0v) is 21.9. The van der Waals surface area contributed by atoms with E-state index in [0.717, 1.165) is 35.6 Å². The summed E-state index contributed by atoms with van der Waals surface area (Å²) < 4.78 is 0. The van der Waals surface area contributed by atoms with Gasteiger partial charge in [0.05, 0.1) is 22.7 Å². The number of pyridine rings is 2. The maximum atomic E-state index is 4.86. The summed E-state index contributed by atoms with van der Waals surface area (Å²) in [5, 5.41) is 0. The minimum Gasteiger partial charge on any atom is -0.294 e. The first-order chi connectivity index (χ1) is 19.8. The molecular weight excluding hydrogens is 488 g/mol. The fraction of sp³-hybridized carbons (Fsp3) is 0.0556. The van der Waals surface area contributed by atoms with Gasteiger partial charge in [-0.1, -0.05) is 72.8 Å². The minimum atomic E-state index is 0.907. The fourth-order valence-corrected chi connectivity index (χ4v) is 6.12. The van der Waals surface area contributed by atoms with Gasteiger partial charge in [0, 0.05) is 25.2 Å². The van der Waals surface area contributed by atoms with E-state index < -0.39 is 0 Å². The van der Waals surface area contributed by atoms with Crippen LogP contribution in [-0.2, 0) is 12.8 Å². The quantitative estimate of drug-likeness (QED) is 0.236. The van der Waals surface area contributed by atoms with Gasteiger partial charge in [0.25, 0.3) is 0 Å². The molecule has 2 aromatic heterocycles. The molecule has 4 aromatic carbocycles. The van der Waals surface area contributed by atoms with Gasteiger partial charge in [-0.05, 0) is 81.9 Å².